The average molecular weight is 491 g/mol. The summed E-state index contributed by atoms with van der Waals surface area (Å²) >= 11 is 0. The number of nitrogens with zero attached hydrogens (tertiary/aromatic N) is 2. The van der Waals surface area contributed by atoms with E-state index < -0.39 is 11.9 Å². The van der Waals surface area contributed by atoms with Gasteiger partial charge in [-0.25, -0.2) is 0 Å². The molecule has 0 unspecified atom stereocenters. The Morgan fingerprint density at radius 1 is 0.529 bits per heavy atom. The Morgan fingerprint density at radius 3 is 0.853 bits per heavy atom. The summed E-state index contributed by atoms with van der Waals surface area (Å²) in [5, 5.41) is 37.0. The molecule has 0 saturated heterocycles. The second-order valence-electron chi connectivity index (χ2n) is 8.89. The fourth-order valence-electron chi connectivity index (χ4n) is 4.75. The average Bonchev–Trinajstić information content (AvgIpc) is 2.75. The van der Waals surface area contributed by atoms with Crippen molar-refractivity contribution in [1.82, 2.24) is 0 Å². The standard InChI is InChI=1S/2C11H26NO.C4H4O4/c2*1-4-7-12(8-5-2,9-6-3)10-11-13;5-3(6)1-2-4(7)8/h2*13H,4-11H2,1-3H3;1-2H,(H,5,6)(H,7,8)/q2*+1;/p-2/b;;2-1-. The van der Waals surface area contributed by atoms with E-state index in [9.17, 15) is 19.8 Å². The molecule has 204 valence electrons. The number of carboxylic acid groups (broad SMARTS) is 2. The highest BCUT2D eigenvalue weighted by Gasteiger charge is 2.24. The van der Waals surface area contributed by atoms with Gasteiger partial charge in [0.05, 0.1) is 64.4 Å². The molecule has 0 atom stereocenters. The maximum Gasteiger partial charge on any atom is 0.102 e. The van der Waals surface area contributed by atoms with Crippen molar-refractivity contribution in [2.45, 2.75) is 80.1 Å². The lowest BCUT2D eigenvalue weighted by molar-refractivity contribution is -0.928. The fourth-order valence-corrected chi connectivity index (χ4v) is 4.75. The molecule has 0 heterocycles. The minimum absolute atomic E-state index is 0.333. The van der Waals surface area contributed by atoms with Gasteiger partial charge in [0.2, 0.25) is 0 Å². The topological polar surface area (TPSA) is 121 Å². The van der Waals surface area contributed by atoms with Gasteiger partial charge in [-0.1, -0.05) is 41.5 Å². The largest absolute Gasteiger partial charge is 0.545 e. The van der Waals surface area contributed by atoms with Gasteiger partial charge in [0.1, 0.15) is 13.1 Å². The van der Waals surface area contributed by atoms with Crippen LogP contribution in [0.2, 0.25) is 0 Å². The molecular weight excluding hydrogens is 436 g/mol. The van der Waals surface area contributed by atoms with Gasteiger partial charge in [0.25, 0.3) is 0 Å². The molecule has 0 aromatic heterocycles. The number of hydrogen-bond acceptors (Lipinski definition) is 6. The molecule has 0 saturated carbocycles. The summed E-state index contributed by atoms with van der Waals surface area (Å²) in [6.45, 7) is 23.3. The van der Waals surface area contributed by atoms with Crippen molar-refractivity contribution in [3.05, 3.63) is 12.2 Å². The van der Waals surface area contributed by atoms with Crippen LogP contribution in [0.25, 0.3) is 0 Å². The maximum absolute atomic E-state index is 9.41. The van der Waals surface area contributed by atoms with Crippen molar-refractivity contribution >= 4 is 11.9 Å². The van der Waals surface area contributed by atoms with Crippen LogP contribution in [-0.2, 0) is 9.59 Å². The van der Waals surface area contributed by atoms with E-state index in [-0.39, 0.29) is 0 Å². The number of carboxylic acids is 2. The third-order valence-electron chi connectivity index (χ3n) is 5.69. The lowest BCUT2D eigenvalue weighted by Gasteiger charge is -2.38. The van der Waals surface area contributed by atoms with Gasteiger partial charge in [0, 0.05) is 0 Å². The highest BCUT2D eigenvalue weighted by Crippen LogP contribution is 2.11. The number of aliphatic hydroxyl groups excluding tert-OH is 2. The predicted octanol–water partition coefficient (Wildman–Crippen LogP) is 1.09. The van der Waals surface area contributed by atoms with Crippen LogP contribution < -0.4 is 10.2 Å². The van der Waals surface area contributed by atoms with Crippen molar-refractivity contribution in [3.63, 3.8) is 0 Å². The van der Waals surface area contributed by atoms with Crippen LogP contribution in [0.1, 0.15) is 80.1 Å². The summed E-state index contributed by atoms with van der Waals surface area (Å²) < 4.78 is 2.25. The highest BCUT2D eigenvalue weighted by molar-refractivity contribution is 5.87. The smallest absolute Gasteiger partial charge is 0.102 e. The molecule has 0 aliphatic carbocycles. The number of aliphatic carboxylic acids is 2. The normalized spacial score (nSPS) is 11.4. The van der Waals surface area contributed by atoms with Gasteiger partial charge in [0.15, 0.2) is 0 Å². The fraction of sp³-hybridized carbons (Fsp3) is 0.846. The molecule has 8 nitrogen and oxygen atoms in total. The summed E-state index contributed by atoms with van der Waals surface area (Å²) in [6, 6.07) is 0. The zero-order chi connectivity index (χ0) is 26.9. The second kappa shape index (κ2) is 24.6. The van der Waals surface area contributed by atoms with Crippen LogP contribution in [0, 0.1) is 0 Å². The minimum Gasteiger partial charge on any atom is -0.545 e. The van der Waals surface area contributed by atoms with E-state index in [1.54, 1.807) is 0 Å². The molecule has 34 heavy (non-hydrogen) atoms. The SMILES string of the molecule is CCC[N+](CCC)(CCC)CCO.CCC[N+](CCC)(CCC)CCO.O=C([O-])/C=C\C(=O)[O-]. The molecule has 0 aliphatic heterocycles. The predicted molar refractivity (Wildman–Crippen MR) is 135 cm³/mol. The molecule has 0 radical (unpaired) electrons. The van der Waals surface area contributed by atoms with Crippen molar-refractivity contribution in [2.75, 3.05) is 65.6 Å². The summed E-state index contributed by atoms with van der Waals surface area (Å²) in [4.78, 5) is 18.8. The van der Waals surface area contributed by atoms with Gasteiger partial charge in [-0.15, -0.1) is 0 Å². The molecule has 0 aromatic rings. The van der Waals surface area contributed by atoms with E-state index in [4.69, 9.17) is 10.2 Å². The molecule has 8 heteroatoms. The first-order valence-corrected chi connectivity index (χ1v) is 13.1. The monoisotopic (exact) mass is 490 g/mol. The van der Waals surface area contributed by atoms with Crippen LogP contribution in [0.5, 0.6) is 0 Å². The van der Waals surface area contributed by atoms with E-state index in [1.165, 1.54) is 77.8 Å². The molecule has 0 aromatic carbocycles. The Bertz CT molecular complexity index is 408. The number of carbonyl (C=O) groups excluding carboxylic acids is 2. The van der Waals surface area contributed by atoms with Gasteiger partial charge < -0.3 is 39.0 Å². The summed E-state index contributed by atoms with van der Waals surface area (Å²) in [6.07, 6.45) is 8.10. The Kier molecular flexibility index (Phi) is 26.9. The number of aliphatic hydroxyl groups is 2. The van der Waals surface area contributed by atoms with E-state index in [1.807, 2.05) is 0 Å². The minimum atomic E-state index is -1.55. The van der Waals surface area contributed by atoms with Crippen LogP contribution in [0.15, 0.2) is 12.2 Å². The number of hydrogen-bond donors (Lipinski definition) is 2. The van der Waals surface area contributed by atoms with E-state index in [0.717, 1.165) is 22.1 Å². The zero-order valence-corrected chi connectivity index (χ0v) is 22.9. The summed E-state index contributed by atoms with van der Waals surface area (Å²) in [7, 11) is 0. The van der Waals surface area contributed by atoms with Crippen molar-refractivity contribution in [1.29, 1.82) is 0 Å². The van der Waals surface area contributed by atoms with E-state index in [0.29, 0.717) is 25.4 Å². The second-order valence-corrected chi connectivity index (χ2v) is 8.89. The molecule has 0 amide bonds. The molecule has 0 fully saturated rings. The number of carbonyl (C=O) groups is 2. The first-order chi connectivity index (χ1) is 16.1. The first-order valence-electron chi connectivity index (χ1n) is 13.1. The van der Waals surface area contributed by atoms with Gasteiger partial charge in [-0.05, 0) is 50.7 Å². The van der Waals surface area contributed by atoms with Crippen LogP contribution >= 0.6 is 0 Å². The molecule has 2 N–H and O–H groups in total. The quantitative estimate of drug-likeness (QED) is 0.219. The molecular formula is C26H54N2O6. The number of rotatable bonds is 18. The highest BCUT2D eigenvalue weighted by atomic mass is 16.4. The third kappa shape index (κ3) is 21.1. The summed E-state index contributed by atoms with van der Waals surface area (Å²) in [5.74, 6) is -3.09. The van der Waals surface area contributed by atoms with Crippen LogP contribution in [-0.4, -0.2) is 96.7 Å². The van der Waals surface area contributed by atoms with Gasteiger partial charge in [-0.2, -0.15) is 0 Å². The van der Waals surface area contributed by atoms with Crippen molar-refractivity contribution < 1.29 is 39.0 Å². The maximum atomic E-state index is 9.41. The number of quaternary nitrogens is 2. The van der Waals surface area contributed by atoms with Crippen molar-refractivity contribution in [2.24, 2.45) is 0 Å². The molecule has 0 spiro atoms. The molecule has 0 rings (SSSR count). The lowest BCUT2D eigenvalue weighted by Crippen LogP contribution is -2.51. The Morgan fingerprint density at radius 2 is 0.735 bits per heavy atom. The third-order valence-corrected chi connectivity index (χ3v) is 5.69. The van der Waals surface area contributed by atoms with Gasteiger partial charge in [-0.3, -0.25) is 0 Å². The Hall–Kier alpha value is -1.48. The Labute approximate surface area is 209 Å². The lowest BCUT2D eigenvalue weighted by atomic mass is 10.2. The molecule has 0 bridgehead atoms. The van der Waals surface area contributed by atoms with Crippen LogP contribution in [0.3, 0.4) is 0 Å². The zero-order valence-electron chi connectivity index (χ0n) is 22.9. The van der Waals surface area contributed by atoms with Crippen LogP contribution in [0.4, 0.5) is 0 Å². The van der Waals surface area contributed by atoms with Crippen molar-refractivity contribution in [3.8, 4) is 0 Å². The van der Waals surface area contributed by atoms with E-state index in [2.05, 4.69) is 41.5 Å². The first kappa shape index (κ1) is 37.1. The van der Waals surface area contributed by atoms with E-state index >= 15 is 0 Å². The Balaban J connectivity index is -0.000000438. The van der Waals surface area contributed by atoms with Gasteiger partial charge >= 0.3 is 0 Å². The molecule has 0 aliphatic rings. The summed E-state index contributed by atoms with van der Waals surface area (Å²) in [5.41, 5.74) is 0.